The van der Waals surface area contributed by atoms with Crippen molar-refractivity contribution >= 4 is 22.6 Å². The summed E-state index contributed by atoms with van der Waals surface area (Å²) < 4.78 is 43.5. The first-order chi connectivity index (χ1) is 13.7. The molecule has 0 bridgehead atoms. The lowest BCUT2D eigenvalue weighted by Crippen LogP contribution is -2.11. The highest BCUT2D eigenvalue weighted by molar-refractivity contribution is 6.05. The molecule has 4 rings (SSSR count). The third-order valence-corrected chi connectivity index (χ3v) is 4.71. The lowest BCUT2D eigenvalue weighted by molar-refractivity contribution is -0.137. The van der Waals surface area contributed by atoms with E-state index in [1.165, 1.54) is 12.1 Å². The highest BCUT2D eigenvalue weighted by atomic mass is 19.4. The molecule has 1 heterocycles. The number of benzene rings is 3. The minimum atomic E-state index is -4.36. The third-order valence-electron chi connectivity index (χ3n) is 4.71. The molecule has 3 aromatic carbocycles. The fraction of sp³-hybridized carbons (Fsp3) is 0.0455. The van der Waals surface area contributed by atoms with Crippen LogP contribution in [-0.2, 0) is 6.18 Å². The summed E-state index contributed by atoms with van der Waals surface area (Å²) in [5, 5.41) is 0.586. The highest BCUT2D eigenvalue weighted by Gasteiger charge is 2.29. The van der Waals surface area contributed by atoms with Crippen molar-refractivity contribution in [1.82, 2.24) is 0 Å². The van der Waals surface area contributed by atoms with Gasteiger partial charge in [0.1, 0.15) is 5.58 Å². The van der Waals surface area contributed by atoms with E-state index < -0.39 is 17.6 Å². The maximum absolute atomic E-state index is 12.7. The summed E-state index contributed by atoms with van der Waals surface area (Å²) in [6.45, 7) is 0. The topological polar surface area (TPSA) is 82.2 Å². The SMILES string of the molecule is NC(=O)c1oc2ccc(-c3ccc(-c4ccc(C(F)(F)F)cc4)cc3)cc2c1N. The number of halogens is 3. The molecular formula is C22H15F3N2O2. The van der Waals surface area contributed by atoms with E-state index in [9.17, 15) is 18.0 Å². The van der Waals surface area contributed by atoms with E-state index in [1.54, 1.807) is 12.1 Å². The zero-order valence-corrected chi connectivity index (χ0v) is 15.0. The van der Waals surface area contributed by atoms with Crippen molar-refractivity contribution in [3.8, 4) is 22.3 Å². The Bertz CT molecular complexity index is 1210. The smallest absolute Gasteiger partial charge is 0.416 e. The van der Waals surface area contributed by atoms with Gasteiger partial charge in [0.25, 0.3) is 5.91 Å². The molecule has 0 unspecified atom stereocenters. The Balaban J connectivity index is 1.65. The quantitative estimate of drug-likeness (QED) is 0.482. The summed E-state index contributed by atoms with van der Waals surface area (Å²) in [5.74, 6) is -0.809. The number of rotatable bonds is 3. The molecule has 0 fully saturated rings. The zero-order valence-electron chi connectivity index (χ0n) is 15.0. The number of alkyl halides is 3. The van der Waals surface area contributed by atoms with Gasteiger partial charge in [-0.1, -0.05) is 42.5 Å². The van der Waals surface area contributed by atoms with Crippen LogP contribution >= 0.6 is 0 Å². The molecule has 1 aromatic heterocycles. The first kappa shape index (κ1) is 18.6. The van der Waals surface area contributed by atoms with Crippen molar-refractivity contribution in [1.29, 1.82) is 0 Å². The minimum absolute atomic E-state index is 0.0743. The monoisotopic (exact) mass is 396 g/mol. The molecule has 0 aliphatic heterocycles. The number of hydrogen-bond acceptors (Lipinski definition) is 3. The first-order valence-electron chi connectivity index (χ1n) is 8.64. The van der Waals surface area contributed by atoms with Crippen molar-refractivity contribution < 1.29 is 22.4 Å². The summed E-state index contributed by atoms with van der Waals surface area (Å²) in [4.78, 5) is 11.4. The number of hydrogen-bond donors (Lipinski definition) is 2. The number of primary amides is 1. The van der Waals surface area contributed by atoms with Crippen molar-refractivity contribution in [2.75, 3.05) is 5.73 Å². The van der Waals surface area contributed by atoms with E-state index in [0.717, 1.165) is 28.8 Å². The van der Waals surface area contributed by atoms with Crippen molar-refractivity contribution in [3.63, 3.8) is 0 Å². The van der Waals surface area contributed by atoms with Gasteiger partial charge in [-0.25, -0.2) is 0 Å². The molecule has 0 radical (unpaired) electrons. The summed E-state index contributed by atoms with van der Waals surface area (Å²) in [7, 11) is 0. The Kier molecular flexibility index (Phi) is 4.30. The van der Waals surface area contributed by atoms with Gasteiger partial charge in [-0.3, -0.25) is 4.79 Å². The molecule has 4 aromatic rings. The summed E-state index contributed by atoms with van der Waals surface area (Å²) >= 11 is 0. The minimum Gasteiger partial charge on any atom is -0.449 e. The molecule has 146 valence electrons. The van der Waals surface area contributed by atoms with Crippen molar-refractivity contribution in [2.45, 2.75) is 6.18 Å². The van der Waals surface area contributed by atoms with Gasteiger partial charge in [-0.2, -0.15) is 13.2 Å². The molecule has 7 heteroatoms. The van der Waals surface area contributed by atoms with E-state index >= 15 is 0 Å². The Morgan fingerprint density at radius 2 is 1.28 bits per heavy atom. The molecule has 0 atom stereocenters. The van der Waals surface area contributed by atoms with Crippen LogP contribution in [0.25, 0.3) is 33.2 Å². The van der Waals surface area contributed by atoms with Crippen LogP contribution in [0.5, 0.6) is 0 Å². The van der Waals surface area contributed by atoms with Gasteiger partial charge < -0.3 is 15.9 Å². The van der Waals surface area contributed by atoms with Crippen LogP contribution in [0, 0.1) is 0 Å². The molecule has 0 aliphatic rings. The number of furan rings is 1. The van der Waals surface area contributed by atoms with Crippen LogP contribution in [0.1, 0.15) is 16.1 Å². The first-order valence-corrected chi connectivity index (χ1v) is 8.64. The van der Waals surface area contributed by atoms with Crippen LogP contribution in [0.15, 0.2) is 71.1 Å². The third kappa shape index (κ3) is 3.42. The van der Waals surface area contributed by atoms with E-state index in [-0.39, 0.29) is 11.4 Å². The van der Waals surface area contributed by atoms with E-state index in [1.807, 2.05) is 30.3 Å². The van der Waals surface area contributed by atoms with Gasteiger partial charge in [0, 0.05) is 5.39 Å². The Morgan fingerprint density at radius 1 is 0.793 bits per heavy atom. The summed E-state index contributed by atoms with van der Waals surface area (Å²) in [6, 6.07) is 17.7. The van der Waals surface area contributed by atoms with Crippen molar-refractivity contribution in [3.05, 3.63) is 78.1 Å². The molecule has 0 spiro atoms. The van der Waals surface area contributed by atoms with Gasteiger partial charge in [-0.05, 0) is 46.5 Å². The predicted octanol–water partition coefficient (Wildman–Crippen LogP) is 5.47. The Labute approximate surface area is 163 Å². The van der Waals surface area contributed by atoms with Gasteiger partial charge in [0.05, 0.1) is 11.3 Å². The number of carbonyl (C=O) groups is 1. The average molecular weight is 396 g/mol. The molecule has 0 aliphatic carbocycles. The second-order valence-corrected chi connectivity index (χ2v) is 6.57. The molecule has 1 amide bonds. The second kappa shape index (κ2) is 6.70. The Morgan fingerprint density at radius 3 is 1.79 bits per heavy atom. The normalized spacial score (nSPS) is 11.7. The number of nitrogens with two attached hydrogens (primary N) is 2. The van der Waals surface area contributed by atoms with Crippen molar-refractivity contribution in [2.24, 2.45) is 5.73 Å². The fourth-order valence-electron chi connectivity index (χ4n) is 3.19. The van der Waals surface area contributed by atoms with Crippen LogP contribution in [0.4, 0.5) is 18.9 Å². The predicted molar refractivity (Wildman–Crippen MR) is 105 cm³/mol. The van der Waals surface area contributed by atoms with Crippen LogP contribution in [0.2, 0.25) is 0 Å². The number of fused-ring (bicyclic) bond motifs is 1. The van der Waals surface area contributed by atoms with Crippen LogP contribution in [-0.4, -0.2) is 5.91 Å². The van der Waals surface area contributed by atoms with Gasteiger partial charge in [0.15, 0.2) is 0 Å². The van der Waals surface area contributed by atoms with E-state index in [0.29, 0.717) is 16.5 Å². The number of nitrogen functional groups attached to an aromatic ring is 1. The van der Waals surface area contributed by atoms with Gasteiger partial charge in [0.2, 0.25) is 5.76 Å². The summed E-state index contributed by atoms with van der Waals surface area (Å²) in [5.41, 5.74) is 14.4. The fourth-order valence-corrected chi connectivity index (χ4v) is 3.19. The number of carbonyl (C=O) groups excluding carboxylic acids is 1. The lowest BCUT2D eigenvalue weighted by atomic mass is 9.99. The molecule has 4 N–H and O–H groups in total. The lowest BCUT2D eigenvalue weighted by Gasteiger charge is -2.08. The number of amides is 1. The standard InChI is InChI=1S/C22H15F3N2O2/c23-22(24,25)16-8-5-13(6-9-16)12-1-3-14(4-2-12)15-7-10-18-17(11-15)19(26)20(29-18)21(27)28/h1-11H,26H2,(H2,27,28). The van der Waals surface area contributed by atoms with Gasteiger partial charge >= 0.3 is 6.18 Å². The molecule has 29 heavy (non-hydrogen) atoms. The molecule has 0 saturated heterocycles. The summed E-state index contributed by atoms with van der Waals surface area (Å²) in [6.07, 6.45) is -4.36. The zero-order chi connectivity index (χ0) is 20.8. The average Bonchev–Trinajstić information content (AvgIpc) is 3.04. The Hall–Kier alpha value is -3.74. The van der Waals surface area contributed by atoms with Crippen LogP contribution < -0.4 is 11.5 Å². The largest absolute Gasteiger partial charge is 0.449 e. The van der Waals surface area contributed by atoms with Gasteiger partial charge in [-0.15, -0.1) is 0 Å². The maximum Gasteiger partial charge on any atom is 0.416 e. The maximum atomic E-state index is 12.7. The highest BCUT2D eigenvalue weighted by Crippen LogP contribution is 2.34. The molecular weight excluding hydrogens is 381 g/mol. The van der Waals surface area contributed by atoms with E-state index in [2.05, 4.69) is 0 Å². The molecule has 4 nitrogen and oxygen atoms in total. The second-order valence-electron chi connectivity index (χ2n) is 6.57. The van der Waals surface area contributed by atoms with Crippen LogP contribution in [0.3, 0.4) is 0 Å². The van der Waals surface area contributed by atoms with E-state index in [4.69, 9.17) is 15.9 Å². The number of anilines is 1. The molecule has 0 saturated carbocycles.